The van der Waals surface area contributed by atoms with Gasteiger partial charge in [0.2, 0.25) is 17.6 Å². The SMILES string of the molecule is COc1cc(Br)cc(C2C3=CCC4C(=O)N(CCCC(=O)O)C(=O)C4C3CC3(Cl)C(=O)N(c4c(F)c(F)c(F)c(F)c4F)C(=O)C23Cl)c1O. The van der Waals surface area contributed by atoms with Crippen molar-refractivity contribution in [3.05, 3.63) is 62.9 Å². The van der Waals surface area contributed by atoms with Crippen LogP contribution in [0.2, 0.25) is 0 Å². The van der Waals surface area contributed by atoms with Crippen LogP contribution in [0.3, 0.4) is 0 Å². The Morgan fingerprint density at radius 3 is 2.18 bits per heavy atom. The second kappa shape index (κ2) is 11.9. The van der Waals surface area contributed by atoms with Gasteiger partial charge in [-0.1, -0.05) is 27.6 Å². The van der Waals surface area contributed by atoms with Crippen LogP contribution >= 0.6 is 39.1 Å². The molecule has 2 aromatic carbocycles. The Bertz CT molecular complexity index is 1900. The van der Waals surface area contributed by atoms with E-state index in [2.05, 4.69) is 15.9 Å². The number of rotatable bonds is 7. The van der Waals surface area contributed by atoms with Crippen molar-refractivity contribution >= 4 is 74.4 Å². The fraction of sp³-hybridized carbons (Fsp3) is 0.387. The number of imide groups is 2. The van der Waals surface area contributed by atoms with E-state index in [9.17, 15) is 42.3 Å². The van der Waals surface area contributed by atoms with Crippen molar-refractivity contribution in [2.75, 3.05) is 18.6 Å². The van der Waals surface area contributed by atoms with E-state index in [-0.39, 0.29) is 52.1 Å². The van der Waals surface area contributed by atoms with Crippen LogP contribution in [-0.4, -0.2) is 68.1 Å². The second-order valence-electron chi connectivity index (χ2n) is 12.1. The third-order valence-electron chi connectivity index (χ3n) is 9.69. The van der Waals surface area contributed by atoms with Gasteiger partial charge < -0.3 is 14.9 Å². The fourth-order valence-corrected chi connectivity index (χ4v) is 8.94. The molecule has 0 radical (unpaired) electrons. The summed E-state index contributed by atoms with van der Waals surface area (Å²) in [6, 6.07) is 2.61. The predicted molar refractivity (Wildman–Crippen MR) is 162 cm³/mol. The van der Waals surface area contributed by atoms with Crippen LogP contribution in [0, 0.1) is 46.8 Å². The number of hydrogen-bond donors (Lipinski definition) is 2. The Labute approximate surface area is 291 Å². The molecular formula is C31H22BrCl2F5N2O8. The van der Waals surface area contributed by atoms with Gasteiger partial charge in [-0.3, -0.25) is 28.9 Å². The summed E-state index contributed by atoms with van der Waals surface area (Å²) in [6.45, 7) is -0.247. The minimum absolute atomic E-state index is 0.0698. The number of ether oxygens (including phenoxy) is 1. The van der Waals surface area contributed by atoms with E-state index >= 15 is 8.78 Å². The quantitative estimate of drug-likeness (QED) is 0.0963. The number of nitrogens with zero attached hydrogens (tertiary/aromatic N) is 2. The molecule has 6 rings (SSSR count). The number of phenolic OH excluding ortho intramolecular Hbond substituents is 1. The number of aliphatic carboxylic acids is 1. The van der Waals surface area contributed by atoms with Gasteiger partial charge in [0.1, 0.15) is 5.69 Å². The number of hydrogen-bond acceptors (Lipinski definition) is 7. The van der Waals surface area contributed by atoms with Crippen molar-refractivity contribution in [1.29, 1.82) is 0 Å². The van der Waals surface area contributed by atoms with Gasteiger partial charge in [-0.25, -0.2) is 26.9 Å². The van der Waals surface area contributed by atoms with Gasteiger partial charge in [-0.05, 0) is 37.3 Å². The van der Waals surface area contributed by atoms with Crippen molar-refractivity contribution in [3.8, 4) is 11.5 Å². The zero-order valence-electron chi connectivity index (χ0n) is 24.8. The lowest BCUT2D eigenvalue weighted by Gasteiger charge is -2.50. The second-order valence-corrected chi connectivity index (χ2v) is 14.2. The van der Waals surface area contributed by atoms with Gasteiger partial charge in [0.25, 0.3) is 11.8 Å². The first-order chi connectivity index (χ1) is 22.9. The highest BCUT2D eigenvalue weighted by Crippen LogP contribution is 2.67. The molecule has 2 aliphatic carbocycles. The number of carboxylic acids is 1. The maximum Gasteiger partial charge on any atom is 0.303 e. The summed E-state index contributed by atoms with van der Waals surface area (Å²) in [7, 11) is 1.19. The summed E-state index contributed by atoms with van der Waals surface area (Å²) in [4.78, 5) is 61.9. The molecule has 2 N–H and O–H groups in total. The molecule has 18 heteroatoms. The molecule has 10 nitrogen and oxygen atoms in total. The van der Waals surface area contributed by atoms with Crippen LogP contribution < -0.4 is 9.64 Å². The molecule has 6 atom stereocenters. The van der Waals surface area contributed by atoms with Gasteiger partial charge in [0.15, 0.2) is 44.5 Å². The average molecular weight is 796 g/mol. The summed E-state index contributed by atoms with van der Waals surface area (Å²) in [5, 5.41) is 20.4. The number of halogens is 8. The van der Waals surface area contributed by atoms with Crippen molar-refractivity contribution < 1.29 is 60.9 Å². The highest BCUT2D eigenvalue weighted by Gasteiger charge is 2.77. The molecule has 3 fully saturated rings. The topological polar surface area (TPSA) is 142 Å². The molecule has 2 saturated heterocycles. The Balaban J connectivity index is 1.57. The van der Waals surface area contributed by atoms with E-state index in [1.54, 1.807) is 0 Å². The summed E-state index contributed by atoms with van der Waals surface area (Å²) < 4.78 is 78.6. The molecular weight excluding hydrogens is 774 g/mol. The van der Waals surface area contributed by atoms with Crippen LogP contribution in [0.1, 0.15) is 37.2 Å². The first-order valence-corrected chi connectivity index (χ1v) is 16.1. The van der Waals surface area contributed by atoms with Gasteiger partial charge in [-0.2, -0.15) is 0 Å². The van der Waals surface area contributed by atoms with Crippen molar-refractivity contribution in [2.45, 2.75) is 41.3 Å². The van der Waals surface area contributed by atoms with E-state index < -0.39 is 110 Å². The number of phenols is 1. The standard InChI is InChI=1S/C31H22BrCl2F5N2O8/c1-49-15-8-10(32)7-13(25(15)44)18-11-4-5-12-17(27(46)40(26(12)45)6-2-3-16(42)43)14(11)9-30(33)28(47)41(29(48)31(18,30)34)24-22(38)20(36)19(35)21(37)23(24)39/h4,7-8,12,14,17-18,44H,2-3,5-6,9H2,1H3,(H,42,43). The van der Waals surface area contributed by atoms with Gasteiger partial charge in [-0.15, -0.1) is 23.2 Å². The van der Waals surface area contributed by atoms with Gasteiger partial charge in [0, 0.05) is 28.9 Å². The number of fused-ring (bicyclic) bond motifs is 4. The number of amides is 4. The average Bonchev–Trinajstić information content (AvgIpc) is 3.38. The van der Waals surface area contributed by atoms with E-state index in [1.807, 2.05) is 0 Å². The van der Waals surface area contributed by atoms with Crippen molar-refractivity contribution in [3.63, 3.8) is 0 Å². The zero-order chi connectivity index (χ0) is 36.1. The lowest BCUT2D eigenvalue weighted by atomic mass is 9.56. The minimum atomic E-state index is -2.84. The number of carboxylic acid groups (broad SMARTS) is 1. The molecule has 0 spiro atoms. The lowest BCUT2D eigenvalue weighted by Crippen LogP contribution is -2.60. The maximum atomic E-state index is 15.2. The number of methoxy groups -OCH3 is 1. The number of carbonyl (C=O) groups excluding carboxylic acids is 4. The number of allylic oxidation sites excluding steroid dienone is 2. The van der Waals surface area contributed by atoms with Gasteiger partial charge >= 0.3 is 5.97 Å². The fourth-order valence-electron chi connectivity index (χ4n) is 7.56. The molecule has 4 amide bonds. The molecule has 2 aromatic rings. The van der Waals surface area contributed by atoms with E-state index in [1.165, 1.54) is 25.3 Å². The Morgan fingerprint density at radius 2 is 1.59 bits per heavy atom. The lowest BCUT2D eigenvalue weighted by molar-refractivity contribution is -0.142. The van der Waals surface area contributed by atoms with Crippen LogP contribution in [0.4, 0.5) is 27.6 Å². The van der Waals surface area contributed by atoms with Crippen molar-refractivity contribution in [2.24, 2.45) is 17.8 Å². The van der Waals surface area contributed by atoms with E-state index in [0.29, 0.717) is 0 Å². The molecule has 1 saturated carbocycles. The number of benzene rings is 2. The number of likely N-dealkylation sites (tertiary alicyclic amines) is 1. The van der Waals surface area contributed by atoms with Crippen LogP contribution in [0.5, 0.6) is 11.5 Å². The number of anilines is 1. The summed E-state index contributed by atoms with van der Waals surface area (Å²) in [5.41, 5.74) is -2.03. The third kappa shape index (κ3) is 4.73. The summed E-state index contributed by atoms with van der Waals surface area (Å²) in [5.74, 6) is -24.4. The normalized spacial score (nSPS) is 29.2. The number of aromatic hydroxyl groups is 1. The molecule has 6 unspecified atom stereocenters. The highest BCUT2D eigenvalue weighted by molar-refractivity contribution is 9.10. The number of alkyl halides is 2. The van der Waals surface area contributed by atoms with Crippen LogP contribution in [-0.2, 0) is 24.0 Å². The zero-order valence-corrected chi connectivity index (χ0v) is 27.9. The Hall–Kier alpha value is -3.76. The molecule has 4 aliphatic rings. The third-order valence-corrected chi connectivity index (χ3v) is 11.6. The van der Waals surface area contributed by atoms with E-state index in [0.717, 1.165) is 4.90 Å². The molecule has 0 bridgehead atoms. The molecule has 260 valence electrons. The Morgan fingerprint density at radius 1 is 0.980 bits per heavy atom. The highest BCUT2D eigenvalue weighted by atomic mass is 79.9. The minimum Gasteiger partial charge on any atom is -0.504 e. The largest absolute Gasteiger partial charge is 0.504 e. The summed E-state index contributed by atoms with van der Waals surface area (Å²) >= 11 is 17.4. The van der Waals surface area contributed by atoms with E-state index in [4.69, 9.17) is 33.0 Å². The van der Waals surface area contributed by atoms with Crippen LogP contribution in [0.25, 0.3) is 0 Å². The van der Waals surface area contributed by atoms with Crippen LogP contribution in [0.15, 0.2) is 28.3 Å². The van der Waals surface area contributed by atoms with Crippen molar-refractivity contribution in [1.82, 2.24) is 4.90 Å². The first kappa shape index (κ1) is 35.1. The Kier molecular flexibility index (Phi) is 8.55. The first-order valence-electron chi connectivity index (χ1n) is 14.6. The number of carbonyl (C=O) groups is 5. The molecule has 49 heavy (non-hydrogen) atoms. The summed E-state index contributed by atoms with van der Waals surface area (Å²) in [6.07, 6.45) is 0.194. The van der Waals surface area contributed by atoms with Gasteiger partial charge in [0.05, 0.1) is 18.9 Å². The smallest absolute Gasteiger partial charge is 0.303 e. The monoisotopic (exact) mass is 794 g/mol. The molecule has 2 aliphatic heterocycles. The maximum absolute atomic E-state index is 15.2. The molecule has 0 aromatic heterocycles. The molecule has 2 heterocycles. The predicted octanol–water partition coefficient (Wildman–Crippen LogP) is 5.29.